The molecule has 0 radical (unpaired) electrons. The number of carbonyl (C=O) groups excluding carboxylic acids is 2. The van der Waals surface area contributed by atoms with E-state index in [9.17, 15) is 9.59 Å². The maximum Gasteiger partial charge on any atom is 0.378 e. The Bertz CT molecular complexity index is 733. The number of hydrogen-bond acceptors (Lipinski definition) is 6. The van der Waals surface area contributed by atoms with Crippen molar-refractivity contribution in [1.29, 1.82) is 0 Å². The zero-order valence-corrected chi connectivity index (χ0v) is 12.6. The molecule has 1 aliphatic heterocycles. The molecule has 3 rings (SSSR count). The Hall–Kier alpha value is -2.51. The number of aryl methyl sites for hydroxylation is 2. The van der Waals surface area contributed by atoms with Crippen molar-refractivity contribution >= 4 is 17.7 Å². The fourth-order valence-corrected chi connectivity index (χ4v) is 2.50. The van der Waals surface area contributed by atoms with E-state index < -0.39 is 5.97 Å². The largest absolute Gasteiger partial charge is 0.450 e. The van der Waals surface area contributed by atoms with E-state index in [0.717, 1.165) is 37.3 Å². The Balaban J connectivity index is 1.69. The van der Waals surface area contributed by atoms with Crippen LogP contribution >= 0.6 is 0 Å². The van der Waals surface area contributed by atoms with Gasteiger partial charge in [-0.3, -0.25) is 4.79 Å². The van der Waals surface area contributed by atoms with Crippen LogP contribution in [0.3, 0.4) is 0 Å². The van der Waals surface area contributed by atoms with Gasteiger partial charge in [-0.05, 0) is 32.8 Å². The summed E-state index contributed by atoms with van der Waals surface area (Å²) in [4.78, 5) is 33.8. The van der Waals surface area contributed by atoms with E-state index in [1.165, 1.54) is 4.52 Å². The van der Waals surface area contributed by atoms with Gasteiger partial charge in [0, 0.05) is 24.5 Å². The van der Waals surface area contributed by atoms with Crippen LogP contribution in [-0.2, 0) is 9.53 Å². The number of hydrogen-bond donors (Lipinski definition) is 0. The van der Waals surface area contributed by atoms with Gasteiger partial charge in [0.1, 0.15) is 0 Å². The summed E-state index contributed by atoms with van der Waals surface area (Å²) < 4.78 is 6.48. The summed E-state index contributed by atoms with van der Waals surface area (Å²) in [5.41, 5.74) is 1.61. The van der Waals surface area contributed by atoms with Gasteiger partial charge in [0.25, 0.3) is 17.5 Å². The van der Waals surface area contributed by atoms with E-state index in [1.807, 2.05) is 19.9 Å². The second kappa shape index (κ2) is 5.70. The second-order valence-corrected chi connectivity index (χ2v) is 5.35. The Morgan fingerprint density at radius 3 is 2.68 bits per heavy atom. The molecule has 8 heteroatoms. The second-order valence-electron chi connectivity index (χ2n) is 5.35. The molecule has 1 fully saturated rings. The average Bonchev–Trinajstić information content (AvgIpc) is 3.13. The zero-order valence-electron chi connectivity index (χ0n) is 12.6. The number of rotatable bonds is 3. The maximum absolute atomic E-state index is 12.0. The molecule has 1 saturated heterocycles. The number of esters is 1. The highest BCUT2D eigenvalue weighted by atomic mass is 16.5. The molecule has 0 saturated carbocycles. The van der Waals surface area contributed by atoms with E-state index in [4.69, 9.17) is 4.74 Å². The monoisotopic (exact) mass is 303 g/mol. The number of ether oxygens (including phenoxy) is 1. The normalized spacial score (nSPS) is 14.5. The summed E-state index contributed by atoms with van der Waals surface area (Å²) >= 11 is 0. The molecule has 22 heavy (non-hydrogen) atoms. The minimum absolute atomic E-state index is 0.0876. The summed E-state index contributed by atoms with van der Waals surface area (Å²) in [5.74, 6) is -0.638. The molecule has 0 aliphatic carbocycles. The number of nitrogens with zero attached hydrogens (tertiary/aromatic N) is 5. The van der Waals surface area contributed by atoms with Gasteiger partial charge in [-0.2, -0.15) is 4.98 Å². The lowest BCUT2D eigenvalue weighted by Gasteiger charge is -2.14. The van der Waals surface area contributed by atoms with Crippen molar-refractivity contribution in [3.63, 3.8) is 0 Å². The van der Waals surface area contributed by atoms with Crippen molar-refractivity contribution in [3.05, 3.63) is 23.3 Å². The fraction of sp³-hybridized carbons (Fsp3) is 0.500. The number of amides is 1. The van der Waals surface area contributed by atoms with Crippen LogP contribution in [0.25, 0.3) is 5.78 Å². The van der Waals surface area contributed by atoms with E-state index in [0.29, 0.717) is 5.78 Å². The lowest BCUT2D eigenvalue weighted by Crippen LogP contribution is -2.32. The molecule has 0 unspecified atom stereocenters. The van der Waals surface area contributed by atoms with Gasteiger partial charge in [-0.1, -0.05) is 0 Å². The predicted octanol–water partition coefficient (Wildman–Crippen LogP) is 0.520. The van der Waals surface area contributed by atoms with Crippen LogP contribution in [0.2, 0.25) is 0 Å². The first-order chi connectivity index (χ1) is 10.5. The number of likely N-dealkylation sites (tertiary alicyclic amines) is 1. The van der Waals surface area contributed by atoms with E-state index >= 15 is 0 Å². The van der Waals surface area contributed by atoms with Gasteiger partial charge in [-0.25, -0.2) is 14.3 Å². The Labute approximate surface area is 127 Å². The molecule has 116 valence electrons. The molecule has 1 aliphatic rings. The summed E-state index contributed by atoms with van der Waals surface area (Å²) in [6, 6.07) is 1.84. The summed E-state index contributed by atoms with van der Waals surface area (Å²) in [5, 5.41) is 4.07. The maximum atomic E-state index is 12.0. The molecular weight excluding hydrogens is 286 g/mol. The molecule has 0 atom stereocenters. The zero-order chi connectivity index (χ0) is 15.7. The van der Waals surface area contributed by atoms with Gasteiger partial charge >= 0.3 is 5.97 Å². The Morgan fingerprint density at radius 1 is 1.23 bits per heavy atom. The third-order valence-electron chi connectivity index (χ3n) is 3.59. The highest BCUT2D eigenvalue weighted by Crippen LogP contribution is 2.09. The van der Waals surface area contributed by atoms with E-state index in [1.54, 1.807) is 4.90 Å². The smallest absolute Gasteiger partial charge is 0.378 e. The van der Waals surface area contributed by atoms with Crippen molar-refractivity contribution in [2.45, 2.75) is 26.7 Å². The van der Waals surface area contributed by atoms with Crippen molar-refractivity contribution in [2.24, 2.45) is 0 Å². The predicted molar refractivity (Wildman–Crippen MR) is 76.4 cm³/mol. The molecule has 1 amide bonds. The topological polar surface area (TPSA) is 89.7 Å². The highest BCUT2D eigenvalue weighted by Gasteiger charge is 2.21. The van der Waals surface area contributed by atoms with Gasteiger partial charge in [0.05, 0.1) is 0 Å². The van der Waals surface area contributed by atoms with Crippen LogP contribution in [0.4, 0.5) is 0 Å². The van der Waals surface area contributed by atoms with Crippen molar-refractivity contribution in [1.82, 2.24) is 24.5 Å². The highest BCUT2D eigenvalue weighted by molar-refractivity contribution is 5.88. The molecule has 2 aromatic heterocycles. The van der Waals surface area contributed by atoms with Gasteiger partial charge < -0.3 is 9.64 Å². The first kappa shape index (κ1) is 14.4. The standard InChI is InChI=1S/C14H17N5O3/c1-9-7-10(2)19-14(15-9)16-12(17-19)13(21)22-8-11(20)18-5-3-4-6-18/h7H,3-6,8H2,1-2H3. The van der Waals surface area contributed by atoms with Crippen LogP contribution in [0.15, 0.2) is 6.07 Å². The minimum Gasteiger partial charge on any atom is -0.450 e. The number of carbonyl (C=O) groups is 2. The van der Waals surface area contributed by atoms with E-state index in [2.05, 4.69) is 15.1 Å². The van der Waals surface area contributed by atoms with Crippen molar-refractivity contribution in [3.8, 4) is 0 Å². The summed E-state index contributed by atoms with van der Waals surface area (Å²) in [6.07, 6.45) is 2.00. The first-order valence-electron chi connectivity index (χ1n) is 7.20. The molecule has 8 nitrogen and oxygen atoms in total. The fourth-order valence-electron chi connectivity index (χ4n) is 2.50. The van der Waals surface area contributed by atoms with Gasteiger partial charge in [0.15, 0.2) is 6.61 Å². The first-order valence-corrected chi connectivity index (χ1v) is 7.20. The van der Waals surface area contributed by atoms with Crippen LogP contribution in [0.5, 0.6) is 0 Å². The lowest BCUT2D eigenvalue weighted by atomic mass is 10.4. The summed E-state index contributed by atoms with van der Waals surface area (Å²) in [7, 11) is 0. The molecule has 0 spiro atoms. The van der Waals surface area contributed by atoms with E-state index in [-0.39, 0.29) is 18.3 Å². The van der Waals surface area contributed by atoms with Crippen LogP contribution in [0.1, 0.15) is 34.8 Å². The minimum atomic E-state index is -0.713. The average molecular weight is 303 g/mol. The molecule has 0 aromatic carbocycles. The third-order valence-corrected chi connectivity index (χ3v) is 3.59. The molecule has 0 bridgehead atoms. The third kappa shape index (κ3) is 2.76. The van der Waals surface area contributed by atoms with Crippen LogP contribution in [-0.4, -0.2) is 56.1 Å². The quantitative estimate of drug-likeness (QED) is 0.768. The lowest BCUT2D eigenvalue weighted by molar-refractivity contribution is -0.133. The molecular formula is C14H17N5O3. The number of aromatic nitrogens is 4. The SMILES string of the molecule is Cc1cc(C)n2nc(C(=O)OCC(=O)N3CCCC3)nc2n1. The van der Waals surface area contributed by atoms with Gasteiger partial charge in [-0.15, -0.1) is 5.10 Å². The summed E-state index contributed by atoms with van der Waals surface area (Å²) in [6.45, 7) is 4.87. The van der Waals surface area contributed by atoms with Crippen LogP contribution in [0, 0.1) is 13.8 Å². The van der Waals surface area contributed by atoms with Crippen molar-refractivity contribution < 1.29 is 14.3 Å². The Kier molecular flexibility index (Phi) is 3.74. The number of fused-ring (bicyclic) bond motifs is 1. The van der Waals surface area contributed by atoms with Crippen molar-refractivity contribution in [2.75, 3.05) is 19.7 Å². The van der Waals surface area contributed by atoms with Gasteiger partial charge in [0.2, 0.25) is 0 Å². The van der Waals surface area contributed by atoms with Crippen LogP contribution < -0.4 is 0 Å². The molecule has 2 aromatic rings. The Morgan fingerprint density at radius 2 is 1.95 bits per heavy atom. The molecule has 0 N–H and O–H groups in total. The molecule has 3 heterocycles.